The fraction of sp³-hybridized carbons (Fsp3) is 0.389. The first-order valence-electron chi connectivity index (χ1n) is 8.59. The molecule has 0 fully saturated rings. The van der Waals surface area contributed by atoms with Crippen molar-refractivity contribution in [3.8, 4) is 0 Å². The molecule has 144 valence electrons. The second-order valence-corrected chi connectivity index (χ2v) is 5.94. The van der Waals surface area contributed by atoms with Crippen molar-refractivity contribution in [2.75, 3.05) is 13.2 Å². The summed E-state index contributed by atoms with van der Waals surface area (Å²) in [6.45, 7) is 3.06. The molecule has 0 radical (unpaired) electrons. The van der Waals surface area contributed by atoms with Crippen molar-refractivity contribution in [3.63, 3.8) is 0 Å². The van der Waals surface area contributed by atoms with E-state index in [-0.39, 0.29) is 18.0 Å². The fourth-order valence-electron chi connectivity index (χ4n) is 2.30. The van der Waals surface area contributed by atoms with E-state index in [1.807, 2.05) is 6.92 Å². The lowest BCUT2D eigenvalue weighted by Crippen LogP contribution is -2.46. The maximum atomic E-state index is 12.3. The monoisotopic (exact) mass is 374 g/mol. The van der Waals surface area contributed by atoms with Gasteiger partial charge in [0.1, 0.15) is 12.6 Å². The number of hydrogen-bond acceptors (Lipinski definition) is 6. The van der Waals surface area contributed by atoms with Gasteiger partial charge in [-0.3, -0.25) is 23.7 Å². The van der Waals surface area contributed by atoms with Gasteiger partial charge >= 0.3 is 5.97 Å². The van der Waals surface area contributed by atoms with Crippen molar-refractivity contribution in [3.05, 3.63) is 40.9 Å². The third-order valence-electron chi connectivity index (χ3n) is 3.72. The molecule has 1 heterocycles. The first-order chi connectivity index (χ1) is 12.9. The Hall–Kier alpha value is -3.23. The highest BCUT2D eigenvalue weighted by Gasteiger charge is 2.16. The van der Waals surface area contributed by atoms with Crippen LogP contribution < -0.4 is 16.2 Å². The Morgan fingerprint density at radius 1 is 1.26 bits per heavy atom. The van der Waals surface area contributed by atoms with E-state index in [2.05, 4.69) is 15.6 Å². The number of nitrogens with zero attached hydrogens (tertiary/aromatic N) is 2. The summed E-state index contributed by atoms with van der Waals surface area (Å²) in [6, 6.07) is 6.04. The zero-order valence-corrected chi connectivity index (χ0v) is 15.2. The number of amides is 2. The highest BCUT2D eigenvalue weighted by Crippen LogP contribution is 2.04. The molecule has 2 N–H and O–H groups in total. The molecule has 0 bridgehead atoms. The van der Waals surface area contributed by atoms with Gasteiger partial charge in [-0.1, -0.05) is 19.1 Å². The van der Waals surface area contributed by atoms with Crippen LogP contribution in [-0.2, 0) is 25.7 Å². The summed E-state index contributed by atoms with van der Waals surface area (Å²) in [5.41, 5.74) is 0.157. The Balaban J connectivity index is 1.86. The molecule has 27 heavy (non-hydrogen) atoms. The quantitative estimate of drug-likeness (QED) is 0.626. The van der Waals surface area contributed by atoms with E-state index in [1.54, 1.807) is 24.3 Å². The van der Waals surface area contributed by atoms with Gasteiger partial charge < -0.3 is 15.4 Å². The molecule has 9 heteroatoms. The van der Waals surface area contributed by atoms with Gasteiger partial charge in [0, 0.05) is 6.54 Å². The van der Waals surface area contributed by atoms with E-state index in [0.717, 1.165) is 11.0 Å². The van der Waals surface area contributed by atoms with Crippen LogP contribution in [0.15, 0.2) is 35.4 Å². The van der Waals surface area contributed by atoms with E-state index < -0.39 is 24.5 Å². The third-order valence-corrected chi connectivity index (χ3v) is 3.72. The van der Waals surface area contributed by atoms with Crippen LogP contribution >= 0.6 is 0 Å². The number of aromatic nitrogens is 2. The van der Waals surface area contributed by atoms with Crippen LogP contribution in [0.25, 0.3) is 10.9 Å². The number of esters is 1. The van der Waals surface area contributed by atoms with Crippen molar-refractivity contribution in [1.82, 2.24) is 20.2 Å². The molecule has 2 aromatic rings. The standard InChI is InChI=1S/C18H22N4O5/c1-3-8-19-17(25)12(2)21-15(23)10-27-16(24)9-22-11-20-14-7-5-4-6-13(14)18(22)26/h4-7,11-12H,3,8-10H2,1-2H3,(H,19,25)(H,21,23)/t12-/m0/s1. The van der Waals surface area contributed by atoms with E-state index >= 15 is 0 Å². The smallest absolute Gasteiger partial charge is 0.326 e. The van der Waals surface area contributed by atoms with Gasteiger partial charge in [0.05, 0.1) is 17.2 Å². The van der Waals surface area contributed by atoms with Gasteiger partial charge in [0.2, 0.25) is 5.91 Å². The normalized spacial score (nSPS) is 11.6. The molecule has 0 saturated heterocycles. The maximum Gasteiger partial charge on any atom is 0.326 e. The summed E-state index contributed by atoms with van der Waals surface area (Å²) in [6.07, 6.45) is 2.04. The number of carbonyl (C=O) groups excluding carboxylic acids is 3. The second kappa shape index (κ2) is 9.46. The van der Waals surface area contributed by atoms with Gasteiger partial charge in [-0.2, -0.15) is 0 Å². The Kier molecular flexibility index (Phi) is 7.04. The number of nitrogens with one attached hydrogen (secondary N) is 2. The summed E-state index contributed by atoms with van der Waals surface area (Å²) in [5.74, 6) is -1.68. The number of carbonyl (C=O) groups is 3. The third kappa shape index (κ3) is 5.63. The molecule has 9 nitrogen and oxygen atoms in total. The van der Waals surface area contributed by atoms with Crippen LogP contribution in [0.2, 0.25) is 0 Å². The summed E-state index contributed by atoms with van der Waals surface area (Å²) < 4.78 is 5.98. The molecule has 0 aliphatic rings. The minimum absolute atomic E-state index is 0.315. The average Bonchev–Trinajstić information content (AvgIpc) is 2.66. The topological polar surface area (TPSA) is 119 Å². The molecule has 0 aliphatic heterocycles. The average molecular weight is 374 g/mol. The van der Waals surface area contributed by atoms with Gasteiger partial charge in [0.15, 0.2) is 6.61 Å². The van der Waals surface area contributed by atoms with Crippen LogP contribution in [-0.4, -0.2) is 46.5 Å². The van der Waals surface area contributed by atoms with E-state index in [0.29, 0.717) is 17.4 Å². The Bertz CT molecular complexity index is 893. The van der Waals surface area contributed by atoms with Gasteiger partial charge in [0.25, 0.3) is 11.5 Å². The highest BCUT2D eigenvalue weighted by molar-refractivity contribution is 5.88. The number of ether oxygens (including phenoxy) is 1. The molecule has 1 atom stereocenters. The van der Waals surface area contributed by atoms with E-state index in [4.69, 9.17) is 4.74 Å². The molecule has 0 aliphatic carbocycles. The van der Waals surface area contributed by atoms with E-state index in [9.17, 15) is 19.2 Å². The van der Waals surface area contributed by atoms with Crippen molar-refractivity contribution >= 4 is 28.7 Å². The van der Waals surface area contributed by atoms with Crippen molar-refractivity contribution in [2.45, 2.75) is 32.9 Å². The Morgan fingerprint density at radius 2 is 2.00 bits per heavy atom. The largest absolute Gasteiger partial charge is 0.454 e. The molecular formula is C18H22N4O5. The molecular weight excluding hydrogens is 352 g/mol. The molecule has 0 unspecified atom stereocenters. The molecule has 1 aromatic carbocycles. The molecule has 0 spiro atoms. The van der Waals surface area contributed by atoms with Crippen LogP contribution in [0.4, 0.5) is 0 Å². The molecule has 2 amide bonds. The van der Waals surface area contributed by atoms with Crippen LogP contribution in [0.3, 0.4) is 0 Å². The zero-order chi connectivity index (χ0) is 19.8. The number of hydrogen-bond donors (Lipinski definition) is 2. The summed E-state index contributed by atoms with van der Waals surface area (Å²) >= 11 is 0. The predicted molar refractivity (Wildman–Crippen MR) is 97.9 cm³/mol. The van der Waals surface area contributed by atoms with Crippen LogP contribution in [0.5, 0.6) is 0 Å². The molecule has 0 saturated carbocycles. The summed E-state index contributed by atoms with van der Waals surface area (Å²) in [5, 5.41) is 5.47. The van der Waals surface area contributed by atoms with Gasteiger partial charge in [-0.05, 0) is 25.5 Å². The summed E-state index contributed by atoms with van der Waals surface area (Å²) in [4.78, 5) is 51.8. The lowest BCUT2D eigenvalue weighted by atomic mass is 10.2. The van der Waals surface area contributed by atoms with Crippen LogP contribution in [0.1, 0.15) is 20.3 Å². The van der Waals surface area contributed by atoms with Gasteiger partial charge in [-0.15, -0.1) is 0 Å². The zero-order valence-electron chi connectivity index (χ0n) is 15.2. The second-order valence-electron chi connectivity index (χ2n) is 5.94. The number of fused-ring (bicyclic) bond motifs is 1. The minimum Gasteiger partial charge on any atom is -0.454 e. The van der Waals surface area contributed by atoms with Crippen LogP contribution in [0, 0.1) is 0 Å². The first kappa shape index (κ1) is 20.1. The van der Waals surface area contributed by atoms with Crippen molar-refractivity contribution < 1.29 is 19.1 Å². The number of rotatable bonds is 8. The fourth-order valence-corrected chi connectivity index (χ4v) is 2.30. The van der Waals surface area contributed by atoms with E-state index in [1.165, 1.54) is 13.3 Å². The minimum atomic E-state index is -0.757. The maximum absolute atomic E-state index is 12.3. The number of benzene rings is 1. The molecule has 1 aromatic heterocycles. The number of para-hydroxylation sites is 1. The Morgan fingerprint density at radius 3 is 2.74 bits per heavy atom. The van der Waals surface area contributed by atoms with Crippen molar-refractivity contribution in [1.29, 1.82) is 0 Å². The SMILES string of the molecule is CCCNC(=O)[C@H](C)NC(=O)COC(=O)Cn1cnc2ccccc2c1=O. The molecule has 2 rings (SSSR count). The lowest BCUT2D eigenvalue weighted by Gasteiger charge is -2.14. The predicted octanol–water partition coefficient (Wildman–Crippen LogP) is -0.0294. The first-order valence-corrected chi connectivity index (χ1v) is 8.59. The van der Waals surface area contributed by atoms with Crippen molar-refractivity contribution in [2.24, 2.45) is 0 Å². The highest BCUT2D eigenvalue weighted by atomic mass is 16.5. The lowest BCUT2D eigenvalue weighted by molar-refractivity contribution is -0.149. The summed E-state index contributed by atoms with van der Waals surface area (Å²) in [7, 11) is 0. The van der Waals surface area contributed by atoms with Gasteiger partial charge in [-0.25, -0.2) is 4.98 Å². The Labute approximate surface area is 155 Å².